The molecule has 1 unspecified atom stereocenters. The Kier molecular flexibility index (Phi) is 6.05. The molecule has 0 saturated carbocycles. The fourth-order valence-electron chi connectivity index (χ4n) is 1.25. The summed E-state index contributed by atoms with van der Waals surface area (Å²) in [6.45, 7) is 9.26. The molecule has 1 rings (SSSR count). The first-order chi connectivity index (χ1) is 8.77. The van der Waals surface area contributed by atoms with Crippen molar-refractivity contribution in [1.29, 1.82) is 0 Å². The Labute approximate surface area is 107 Å². The van der Waals surface area contributed by atoms with Crippen LogP contribution in [0.15, 0.2) is 42.7 Å². The van der Waals surface area contributed by atoms with Crippen LogP contribution in [0.2, 0.25) is 0 Å². The summed E-state index contributed by atoms with van der Waals surface area (Å²) < 4.78 is 10.00. The molecule has 0 N–H and O–H groups in total. The largest absolute Gasteiger partial charge is 0.497 e. The van der Waals surface area contributed by atoms with Gasteiger partial charge < -0.3 is 9.47 Å². The van der Waals surface area contributed by atoms with Crippen LogP contribution in [0.25, 0.3) is 4.85 Å². The highest BCUT2D eigenvalue weighted by Crippen LogP contribution is 2.02. The molecule has 0 spiro atoms. The van der Waals surface area contributed by atoms with Crippen LogP contribution in [0.1, 0.15) is 12.5 Å². The third-order valence-electron chi connectivity index (χ3n) is 2.12. The van der Waals surface area contributed by atoms with Crippen LogP contribution >= 0.6 is 0 Å². The van der Waals surface area contributed by atoms with Crippen molar-refractivity contribution in [3.8, 4) is 0 Å². The fraction of sp³-hybridized carbons (Fsp3) is 0.286. The molecule has 4 heteroatoms. The molecule has 0 saturated heterocycles. The number of carbonyl (C=O) groups excluding carboxylic acids is 1. The Hall–Kier alpha value is -2.28. The van der Waals surface area contributed by atoms with E-state index in [4.69, 9.17) is 16.0 Å². The third kappa shape index (κ3) is 4.71. The molecule has 0 aromatic heterocycles. The summed E-state index contributed by atoms with van der Waals surface area (Å²) in [7, 11) is 0. The molecule has 1 atom stereocenters. The van der Waals surface area contributed by atoms with E-state index in [1.54, 1.807) is 6.92 Å². The van der Waals surface area contributed by atoms with Gasteiger partial charge in [-0.1, -0.05) is 30.3 Å². The van der Waals surface area contributed by atoms with Gasteiger partial charge in [0.05, 0.1) is 12.9 Å². The minimum absolute atomic E-state index is 0.267. The maximum absolute atomic E-state index is 11.3. The van der Waals surface area contributed by atoms with E-state index in [9.17, 15) is 4.79 Å². The fourth-order valence-corrected chi connectivity index (χ4v) is 1.25. The first kappa shape index (κ1) is 13.8. The highest BCUT2D eigenvalue weighted by atomic mass is 16.5. The molecule has 0 bridgehead atoms. The second-order valence-corrected chi connectivity index (χ2v) is 3.45. The molecule has 4 nitrogen and oxygen atoms in total. The van der Waals surface area contributed by atoms with Crippen LogP contribution < -0.4 is 0 Å². The standard InChI is InChI=1S/C14H15NO3/c1-3-18-14(16)13(15-2)9-10-17-11-12-7-5-4-6-8-12/h4-10,13H,3,11H2,1H3/b10-9+. The molecule has 0 amide bonds. The van der Waals surface area contributed by atoms with Crippen molar-refractivity contribution in [3.63, 3.8) is 0 Å². The highest BCUT2D eigenvalue weighted by Gasteiger charge is 2.21. The zero-order valence-corrected chi connectivity index (χ0v) is 10.2. The van der Waals surface area contributed by atoms with Gasteiger partial charge in [-0.3, -0.25) is 4.85 Å². The molecule has 0 radical (unpaired) electrons. The average Bonchev–Trinajstić information content (AvgIpc) is 2.40. The van der Waals surface area contributed by atoms with E-state index in [-0.39, 0.29) is 6.61 Å². The van der Waals surface area contributed by atoms with Crippen molar-refractivity contribution in [1.82, 2.24) is 0 Å². The van der Waals surface area contributed by atoms with E-state index in [0.717, 1.165) is 5.56 Å². The lowest BCUT2D eigenvalue weighted by Gasteiger charge is -2.02. The summed E-state index contributed by atoms with van der Waals surface area (Å²) in [5, 5.41) is 0. The number of hydrogen-bond acceptors (Lipinski definition) is 3. The maximum Gasteiger partial charge on any atom is 0.394 e. The first-order valence-electron chi connectivity index (χ1n) is 5.63. The van der Waals surface area contributed by atoms with Crippen molar-refractivity contribution in [2.45, 2.75) is 19.6 Å². The van der Waals surface area contributed by atoms with Crippen LogP contribution in [0.3, 0.4) is 0 Å². The minimum Gasteiger partial charge on any atom is -0.497 e. The van der Waals surface area contributed by atoms with Gasteiger partial charge in [0.15, 0.2) is 0 Å². The van der Waals surface area contributed by atoms with E-state index in [1.165, 1.54) is 12.3 Å². The van der Waals surface area contributed by atoms with Crippen molar-refractivity contribution in [2.24, 2.45) is 0 Å². The van der Waals surface area contributed by atoms with Crippen LogP contribution in [-0.2, 0) is 20.9 Å². The van der Waals surface area contributed by atoms with E-state index in [2.05, 4.69) is 4.85 Å². The summed E-state index contributed by atoms with van der Waals surface area (Å²) in [5.41, 5.74) is 1.03. The topological polar surface area (TPSA) is 39.9 Å². The van der Waals surface area contributed by atoms with Crippen LogP contribution in [0.4, 0.5) is 0 Å². The Bertz CT molecular complexity index is 434. The normalized spacial score (nSPS) is 11.8. The van der Waals surface area contributed by atoms with Gasteiger partial charge in [-0.15, -0.1) is 0 Å². The van der Waals surface area contributed by atoms with E-state index >= 15 is 0 Å². The van der Waals surface area contributed by atoms with Gasteiger partial charge in [0.25, 0.3) is 0 Å². The average molecular weight is 245 g/mol. The molecule has 1 aromatic carbocycles. The second-order valence-electron chi connectivity index (χ2n) is 3.45. The summed E-state index contributed by atoms with van der Waals surface area (Å²) >= 11 is 0. The first-order valence-corrected chi connectivity index (χ1v) is 5.63. The van der Waals surface area contributed by atoms with Crippen LogP contribution in [0.5, 0.6) is 0 Å². The monoisotopic (exact) mass is 245 g/mol. The zero-order chi connectivity index (χ0) is 13.2. The third-order valence-corrected chi connectivity index (χ3v) is 2.12. The number of carbonyl (C=O) groups is 1. The molecule has 0 heterocycles. The van der Waals surface area contributed by atoms with E-state index < -0.39 is 12.0 Å². The smallest absolute Gasteiger partial charge is 0.394 e. The van der Waals surface area contributed by atoms with Crippen molar-refractivity contribution in [3.05, 3.63) is 59.7 Å². The summed E-state index contributed by atoms with van der Waals surface area (Å²) in [6, 6.07) is 8.71. The quantitative estimate of drug-likeness (QED) is 0.439. The van der Waals surface area contributed by atoms with Crippen LogP contribution in [0, 0.1) is 6.57 Å². The molecular formula is C14H15NO3. The number of hydrogen-bond donors (Lipinski definition) is 0. The van der Waals surface area contributed by atoms with Gasteiger partial charge in [-0.25, -0.2) is 11.4 Å². The van der Waals surface area contributed by atoms with E-state index in [1.807, 2.05) is 30.3 Å². The van der Waals surface area contributed by atoms with Gasteiger partial charge in [0, 0.05) is 6.08 Å². The lowest BCUT2D eigenvalue weighted by molar-refractivity contribution is -0.142. The number of esters is 1. The Morgan fingerprint density at radius 2 is 2.17 bits per heavy atom. The molecule has 0 aliphatic heterocycles. The SMILES string of the molecule is [C-]#[N+]C(/C=C/OCc1ccccc1)C(=O)OCC. The number of nitrogens with zero attached hydrogens (tertiary/aromatic N) is 1. The van der Waals surface area contributed by atoms with E-state index in [0.29, 0.717) is 6.61 Å². The predicted octanol–water partition coefficient (Wildman–Crippen LogP) is 2.57. The lowest BCUT2D eigenvalue weighted by atomic mass is 10.2. The molecule has 0 aliphatic carbocycles. The molecule has 0 aliphatic rings. The van der Waals surface area contributed by atoms with Crippen molar-refractivity contribution in [2.75, 3.05) is 6.61 Å². The second kappa shape index (κ2) is 7.91. The minimum atomic E-state index is -0.930. The molecular weight excluding hydrogens is 230 g/mol. The van der Waals surface area contributed by atoms with Gasteiger partial charge >= 0.3 is 12.0 Å². The van der Waals surface area contributed by atoms with Crippen LogP contribution in [-0.4, -0.2) is 18.6 Å². The Morgan fingerprint density at radius 1 is 1.44 bits per heavy atom. The predicted molar refractivity (Wildman–Crippen MR) is 67.4 cm³/mol. The maximum atomic E-state index is 11.3. The van der Waals surface area contributed by atoms with Gasteiger partial charge in [-0.05, 0) is 12.5 Å². The molecule has 94 valence electrons. The number of ether oxygens (including phenoxy) is 2. The number of rotatable bonds is 6. The Morgan fingerprint density at radius 3 is 2.78 bits per heavy atom. The molecule has 0 fully saturated rings. The van der Waals surface area contributed by atoms with Gasteiger partial charge in [-0.2, -0.15) is 0 Å². The summed E-state index contributed by atoms with van der Waals surface area (Å²) in [6.07, 6.45) is 2.76. The number of benzene rings is 1. The highest BCUT2D eigenvalue weighted by molar-refractivity contribution is 5.79. The zero-order valence-electron chi connectivity index (χ0n) is 10.2. The van der Waals surface area contributed by atoms with Gasteiger partial charge in [0.1, 0.15) is 6.61 Å². The lowest BCUT2D eigenvalue weighted by Crippen LogP contribution is -2.17. The van der Waals surface area contributed by atoms with Crippen molar-refractivity contribution >= 4 is 5.97 Å². The van der Waals surface area contributed by atoms with Gasteiger partial charge in [0.2, 0.25) is 0 Å². The van der Waals surface area contributed by atoms with Crippen molar-refractivity contribution < 1.29 is 14.3 Å². The summed E-state index contributed by atoms with van der Waals surface area (Å²) in [4.78, 5) is 14.5. The molecule has 1 aromatic rings. The Balaban J connectivity index is 2.40. The molecule has 18 heavy (non-hydrogen) atoms. The summed E-state index contributed by atoms with van der Waals surface area (Å²) in [5.74, 6) is -0.549.